The van der Waals surface area contributed by atoms with Crippen LogP contribution in [0.25, 0.3) is 11.1 Å². The second-order valence-electron chi connectivity index (χ2n) is 20.4. The van der Waals surface area contributed by atoms with Crippen LogP contribution in [0, 0.1) is 59.7 Å². The van der Waals surface area contributed by atoms with E-state index >= 15 is 4.79 Å². The molecule has 2 heterocycles. The van der Waals surface area contributed by atoms with Gasteiger partial charge < -0.3 is 24.9 Å². The van der Waals surface area contributed by atoms with Gasteiger partial charge in [0.15, 0.2) is 0 Å². The van der Waals surface area contributed by atoms with Crippen LogP contribution in [0.4, 0.5) is 0 Å². The summed E-state index contributed by atoms with van der Waals surface area (Å²) in [7, 11) is 0. The maximum absolute atomic E-state index is 15.2. The number of nitrogens with zero attached hydrogens (tertiary/aromatic N) is 1. The lowest BCUT2D eigenvalue weighted by Gasteiger charge is -2.50. The zero-order valence-corrected chi connectivity index (χ0v) is 37.4. The van der Waals surface area contributed by atoms with Crippen LogP contribution < -0.4 is 5.32 Å². The van der Waals surface area contributed by atoms with E-state index in [0.29, 0.717) is 45.5 Å². The predicted octanol–water partition coefficient (Wildman–Crippen LogP) is 10.0. The van der Waals surface area contributed by atoms with Gasteiger partial charge in [-0.15, -0.1) is 0 Å². The fourth-order valence-corrected chi connectivity index (χ4v) is 10.0. The SMILES string of the molecule is CCOC(=O)c1c(C)[nH]c(C2=C(O)C(=C3N=C(NC(=O)C(C)(C)C4CCC(C)C4)C(C(=O)OC4C(C(C)(C)C)CC(C)CC4C(C)(C)C)=C3c3ccccc3)C2=O)c1C. The number of aliphatic imine (C=N–C) groups is 1. The second-order valence-corrected chi connectivity index (χ2v) is 20.4. The van der Waals surface area contributed by atoms with Gasteiger partial charge in [0, 0.05) is 28.5 Å². The Morgan fingerprint density at radius 3 is 1.98 bits per heavy atom. The maximum Gasteiger partial charge on any atom is 0.342 e. The van der Waals surface area contributed by atoms with Crippen molar-refractivity contribution in [3.05, 3.63) is 81.0 Å². The number of nitrogens with one attached hydrogen (secondary N) is 2. The molecule has 10 nitrogen and oxygen atoms in total. The molecule has 1 aromatic carbocycles. The van der Waals surface area contributed by atoms with Gasteiger partial charge in [0.2, 0.25) is 11.7 Å². The van der Waals surface area contributed by atoms with Crippen molar-refractivity contribution >= 4 is 40.6 Å². The first-order valence-electron chi connectivity index (χ1n) is 21.5. The number of aromatic nitrogens is 1. The molecule has 318 valence electrons. The zero-order chi connectivity index (χ0) is 43.5. The van der Waals surface area contributed by atoms with Crippen LogP contribution in [0.5, 0.6) is 0 Å². The molecular formula is C49H65N3O7. The van der Waals surface area contributed by atoms with Gasteiger partial charge >= 0.3 is 11.9 Å². The average molecular weight is 808 g/mol. The van der Waals surface area contributed by atoms with E-state index in [1.165, 1.54) is 0 Å². The minimum absolute atomic E-state index is 0.00159. The Balaban J connectivity index is 1.55. The Morgan fingerprint density at radius 2 is 1.46 bits per heavy atom. The number of carbonyl (C=O) groups is 4. The molecule has 0 bridgehead atoms. The third kappa shape index (κ3) is 8.13. The molecule has 0 radical (unpaired) electrons. The number of amidine groups is 1. The van der Waals surface area contributed by atoms with E-state index in [0.717, 1.165) is 32.1 Å². The van der Waals surface area contributed by atoms with Gasteiger partial charge in [0.1, 0.15) is 23.3 Å². The van der Waals surface area contributed by atoms with Gasteiger partial charge in [-0.3, -0.25) is 9.59 Å². The average Bonchev–Trinajstić information content (AvgIpc) is 3.83. The van der Waals surface area contributed by atoms with E-state index in [1.54, 1.807) is 20.8 Å². The Labute approximate surface area is 350 Å². The molecule has 4 atom stereocenters. The number of aryl methyl sites for hydroxylation is 1. The zero-order valence-electron chi connectivity index (χ0n) is 37.4. The summed E-state index contributed by atoms with van der Waals surface area (Å²) < 4.78 is 12.1. The first kappa shape index (κ1) is 43.8. The van der Waals surface area contributed by atoms with E-state index < -0.39 is 29.2 Å². The summed E-state index contributed by atoms with van der Waals surface area (Å²) in [6.07, 6.45) is 4.21. The van der Waals surface area contributed by atoms with Gasteiger partial charge in [-0.2, -0.15) is 0 Å². The normalized spacial score (nSPS) is 26.5. The number of Topliss-reactive ketones (excluding diaryl/α,β-unsaturated/α-hetero) is 1. The Hall–Kier alpha value is -4.73. The summed E-state index contributed by atoms with van der Waals surface area (Å²) in [5.41, 5.74) is 1.32. The largest absolute Gasteiger partial charge is 0.506 e. The maximum atomic E-state index is 15.2. The fourth-order valence-electron chi connectivity index (χ4n) is 10.0. The molecular weight excluding hydrogens is 743 g/mol. The number of aromatic amines is 1. The third-order valence-corrected chi connectivity index (χ3v) is 13.7. The highest BCUT2D eigenvalue weighted by molar-refractivity contribution is 6.41. The fraction of sp³-hybridized carbons (Fsp3) is 0.571. The van der Waals surface area contributed by atoms with Gasteiger partial charge in [-0.25, -0.2) is 14.6 Å². The number of H-pyrrole nitrogens is 1. The van der Waals surface area contributed by atoms with E-state index in [2.05, 4.69) is 65.7 Å². The number of hydrogen-bond acceptors (Lipinski definition) is 8. The van der Waals surface area contributed by atoms with Crippen LogP contribution in [0.15, 0.2) is 57.9 Å². The van der Waals surface area contributed by atoms with Crippen LogP contribution in [0.1, 0.15) is 141 Å². The number of carbonyl (C=O) groups excluding carboxylic acids is 4. The van der Waals surface area contributed by atoms with E-state index in [4.69, 9.17) is 14.5 Å². The summed E-state index contributed by atoms with van der Waals surface area (Å²) in [6, 6.07) is 9.15. The lowest BCUT2D eigenvalue weighted by atomic mass is 9.59. The molecule has 2 fully saturated rings. The number of rotatable bonds is 8. The van der Waals surface area contributed by atoms with Crippen LogP contribution in [-0.4, -0.2) is 52.3 Å². The summed E-state index contributed by atoms with van der Waals surface area (Å²) in [4.78, 5) is 65.0. The molecule has 6 rings (SSSR count). The lowest BCUT2D eigenvalue weighted by Crippen LogP contribution is -2.50. The number of ketones is 1. The summed E-state index contributed by atoms with van der Waals surface area (Å²) in [5, 5.41) is 14.9. The molecule has 1 aliphatic heterocycles. The number of amides is 1. The highest BCUT2D eigenvalue weighted by atomic mass is 16.5. The standard InChI is InChI=1S/C49H65N3O7/c1-14-58-44(55)33-27(4)38(50-28(33)5)36-40(53)37(41(36)54)39-34(29-18-16-15-17-19-29)35(43(51-39)52-46(57)49(12,13)30-21-20-25(2)22-30)45(56)59-42-31(47(6,7)8)23-26(3)24-32(42)48(9,10)11/h15-19,25-26,30-32,42,50,53H,14,20-24H2,1-13H3,(H,51,52,57). The van der Waals surface area contributed by atoms with Crippen molar-refractivity contribution in [1.82, 2.24) is 10.3 Å². The van der Waals surface area contributed by atoms with Gasteiger partial charge in [-0.05, 0) is 86.2 Å². The van der Waals surface area contributed by atoms with Crippen LogP contribution in [0.3, 0.4) is 0 Å². The summed E-state index contributed by atoms with van der Waals surface area (Å²) in [6.45, 7) is 26.8. The van der Waals surface area contributed by atoms with Crippen molar-refractivity contribution in [2.75, 3.05) is 6.61 Å². The number of aliphatic hydroxyl groups is 1. The summed E-state index contributed by atoms with van der Waals surface area (Å²) in [5.74, 6) is -1.14. The van der Waals surface area contributed by atoms with Crippen LogP contribution in [0.2, 0.25) is 0 Å². The monoisotopic (exact) mass is 807 g/mol. The number of hydrogen-bond donors (Lipinski definition) is 3. The smallest absolute Gasteiger partial charge is 0.342 e. The number of benzene rings is 1. The summed E-state index contributed by atoms with van der Waals surface area (Å²) >= 11 is 0. The molecule has 3 N–H and O–H groups in total. The van der Waals surface area contributed by atoms with Crippen molar-refractivity contribution in [3.63, 3.8) is 0 Å². The molecule has 4 aliphatic rings. The van der Waals surface area contributed by atoms with E-state index in [9.17, 15) is 19.5 Å². The molecule has 10 heteroatoms. The predicted molar refractivity (Wildman–Crippen MR) is 231 cm³/mol. The highest BCUT2D eigenvalue weighted by Gasteiger charge is 2.50. The Kier molecular flexibility index (Phi) is 11.9. The molecule has 1 aromatic heterocycles. The van der Waals surface area contributed by atoms with Gasteiger partial charge in [0.25, 0.3) is 0 Å². The van der Waals surface area contributed by atoms with Crippen LogP contribution >= 0.6 is 0 Å². The highest BCUT2D eigenvalue weighted by Crippen LogP contribution is 2.51. The molecule has 0 spiro atoms. The van der Waals surface area contributed by atoms with Crippen molar-refractivity contribution < 1.29 is 33.8 Å². The minimum atomic E-state index is -0.791. The first-order chi connectivity index (χ1) is 27.5. The van der Waals surface area contributed by atoms with Crippen molar-refractivity contribution in [1.29, 1.82) is 0 Å². The molecule has 4 unspecified atom stereocenters. The minimum Gasteiger partial charge on any atom is -0.506 e. The van der Waals surface area contributed by atoms with E-state index in [1.807, 2.05) is 44.2 Å². The Bertz CT molecular complexity index is 2140. The lowest BCUT2D eigenvalue weighted by molar-refractivity contribution is -0.164. The third-order valence-electron chi connectivity index (χ3n) is 13.7. The number of esters is 2. The van der Waals surface area contributed by atoms with Crippen LogP contribution in [-0.2, 0) is 23.9 Å². The molecule has 3 aliphatic carbocycles. The molecule has 2 saturated carbocycles. The first-order valence-corrected chi connectivity index (χ1v) is 21.5. The van der Waals surface area contributed by atoms with Crippen molar-refractivity contribution in [2.45, 2.75) is 128 Å². The molecule has 0 saturated heterocycles. The number of ether oxygens (including phenoxy) is 2. The quantitative estimate of drug-likeness (QED) is 0.178. The molecule has 2 aromatic rings. The van der Waals surface area contributed by atoms with Gasteiger partial charge in [0.05, 0.1) is 34.7 Å². The molecule has 59 heavy (non-hydrogen) atoms. The van der Waals surface area contributed by atoms with Crippen molar-refractivity contribution in [3.8, 4) is 0 Å². The van der Waals surface area contributed by atoms with E-state index in [-0.39, 0.29) is 75.1 Å². The molecule has 1 amide bonds. The number of allylic oxidation sites excluding steroid dienone is 3. The van der Waals surface area contributed by atoms with Crippen molar-refractivity contribution in [2.24, 2.45) is 50.8 Å². The second kappa shape index (κ2) is 16.0. The number of aliphatic hydroxyl groups excluding tert-OH is 1. The van der Waals surface area contributed by atoms with Gasteiger partial charge in [-0.1, -0.05) is 106 Å². The topological polar surface area (TPSA) is 147 Å². The Morgan fingerprint density at radius 1 is 0.847 bits per heavy atom.